The van der Waals surface area contributed by atoms with Crippen molar-refractivity contribution < 1.29 is 0 Å². The van der Waals surface area contributed by atoms with Crippen LogP contribution in [-0.2, 0) is 5.41 Å². The Morgan fingerprint density at radius 1 is 1.16 bits per heavy atom. The Kier molecular flexibility index (Phi) is 3.51. The molecule has 4 heteroatoms. The number of rotatable bonds is 2. The maximum absolute atomic E-state index is 4.69. The van der Waals surface area contributed by atoms with E-state index in [2.05, 4.69) is 43.0 Å². The number of hydrogen-bond acceptors (Lipinski definition) is 4. The predicted molar refractivity (Wildman–Crippen MR) is 78.2 cm³/mol. The van der Waals surface area contributed by atoms with E-state index in [0.29, 0.717) is 0 Å². The van der Waals surface area contributed by atoms with E-state index >= 15 is 0 Å². The summed E-state index contributed by atoms with van der Waals surface area (Å²) in [4.78, 5) is 13.4. The van der Waals surface area contributed by atoms with Crippen molar-refractivity contribution in [3.05, 3.63) is 35.9 Å². The summed E-state index contributed by atoms with van der Waals surface area (Å²) in [6.07, 6.45) is 3.65. The Bertz CT molecular complexity index is 585. The molecule has 0 unspecified atom stereocenters. The molecule has 100 valence electrons. The molecule has 2 aromatic heterocycles. The van der Waals surface area contributed by atoms with Gasteiger partial charge in [0.25, 0.3) is 0 Å². The quantitative estimate of drug-likeness (QED) is 0.896. The lowest BCUT2D eigenvalue weighted by atomic mass is 9.95. The number of pyridine rings is 1. The zero-order valence-corrected chi connectivity index (χ0v) is 12.2. The third-order valence-electron chi connectivity index (χ3n) is 2.97. The number of nitrogens with one attached hydrogen (secondary N) is 1. The molecule has 2 heterocycles. The summed E-state index contributed by atoms with van der Waals surface area (Å²) < 4.78 is 0. The lowest BCUT2D eigenvalue weighted by Crippen LogP contribution is -2.17. The fourth-order valence-electron chi connectivity index (χ4n) is 1.78. The second kappa shape index (κ2) is 4.96. The normalized spacial score (nSPS) is 11.4. The van der Waals surface area contributed by atoms with Crippen molar-refractivity contribution in [2.75, 3.05) is 12.4 Å². The molecule has 2 aromatic rings. The molecule has 0 aromatic carbocycles. The number of aromatic nitrogens is 3. The molecule has 0 aliphatic carbocycles. The lowest BCUT2D eigenvalue weighted by Gasteiger charge is -2.18. The van der Waals surface area contributed by atoms with Crippen molar-refractivity contribution in [2.24, 2.45) is 0 Å². The highest BCUT2D eigenvalue weighted by molar-refractivity contribution is 5.65. The Balaban J connectivity index is 2.61. The fourth-order valence-corrected chi connectivity index (χ4v) is 1.78. The molecule has 0 atom stereocenters. The summed E-state index contributed by atoms with van der Waals surface area (Å²) >= 11 is 0. The van der Waals surface area contributed by atoms with E-state index in [9.17, 15) is 0 Å². The second-order valence-corrected chi connectivity index (χ2v) is 5.65. The van der Waals surface area contributed by atoms with Gasteiger partial charge in [-0.05, 0) is 18.6 Å². The second-order valence-electron chi connectivity index (χ2n) is 5.65. The summed E-state index contributed by atoms with van der Waals surface area (Å²) in [6, 6.07) is 3.95. The van der Waals surface area contributed by atoms with Crippen LogP contribution in [0.25, 0.3) is 11.3 Å². The zero-order chi connectivity index (χ0) is 14.0. The highest BCUT2D eigenvalue weighted by atomic mass is 15.0. The van der Waals surface area contributed by atoms with Crippen LogP contribution < -0.4 is 5.32 Å². The molecule has 4 nitrogen and oxygen atoms in total. The van der Waals surface area contributed by atoms with E-state index < -0.39 is 0 Å². The van der Waals surface area contributed by atoms with Crippen LogP contribution in [0, 0.1) is 6.92 Å². The zero-order valence-electron chi connectivity index (χ0n) is 12.2. The molecule has 0 radical (unpaired) electrons. The first-order valence-electron chi connectivity index (χ1n) is 6.40. The molecule has 0 saturated carbocycles. The van der Waals surface area contributed by atoms with Crippen molar-refractivity contribution in [1.29, 1.82) is 0 Å². The van der Waals surface area contributed by atoms with Crippen LogP contribution in [0.15, 0.2) is 24.5 Å². The monoisotopic (exact) mass is 256 g/mol. The average Bonchev–Trinajstić information content (AvgIpc) is 2.37. The summed E-state index contributed by atoms with van der Waals surface area (Å²) in [5.74, 6) is 1.66. The fraction of sp³-hybridized carbons (Fsp3) is 0.400. The number of aryl methyl sites for hydroxylation is 1. The Hall–Kier alpha value is -1.97. The van der Waals surface area contributed by atoms with Crippen LogP contribution in [0.3, 0.4) is 0 Å². The van der Waals surface area contributed by atoms with Gasteiger partial charge in [0, 0.05) is 36.5 Å². The maximum atomic E-state index is 4.69. The Labute approximate surface area is 114 Å². The van der Waals surface area contributed by atoms with E-state index in [4.69, 9.17) is 4.98 Å². The van der Waals surface area contributed by atoms with Gasteiger partial charge in [-0.2, -0.15) is 0 Å². The van der Waals surface area contributed by atoms with Gasteiger partial charge in [-0.3, -0.25) is 4.98 Å². The molecule has 2 rings (SSSR count). The van der Waals surface area contributed by atoms with Gasteiger partial charge in [0.15, 0.2) is 0 Å². The van der Waals surface area contributed by atoms with Crippen molar-refractivity contribution in [2.45, 2.75) is 33.1 Å². The van der Waals surface area contributed by atoms with E-state index in [1.165, 1.54) is 0 Å². The van der Waals surface area contributed by atoms with Crippen molar-refractivity contribution in [3.8, 4) is 11.3 Å². The minimum absolute atomic E-state index is 0.0856. The van der Waals surface area contributed by atoms with Gasteiger partial charge in [-0.1, -0.05) is 20.8 Å². The van der Waals surface area contributed by atoms with Crippen molar-refractivity contribution in [3.63, 3.8) is 0 Å². The smallest absolute Gasteiger partial charge is 0.136 e. The van der Waals surface area contributed by atoms with Crippen LogP contribution >= 0.6 is 0 Å². The molecule has 0 spiro atoms. The summed E-state index contributed by atoms with van der Waals surface area (Å²) in [6.45, 7) is 8.40. The third kappa shape index (κ3) is 2.89. The topological polar surface area (TPSA) is 50.7 Å². The predicted octanol–water partition coefficient (Wildman–Crippen LogP) is 3.19. The number of nitrogens with zero attached hydrogens (tertiary/aromatic N) is 3. The summed E-state index contributed by atoms with van der Waals surface area (Å²) in [5.41, 5.74) is 3.04. The largest absolute Gasteiger partial charge is 0.373 e. The van der Waals surface area contributed by atoms with E-state index in [1.807, 2.05) is 25.4 Å². The molecular weight excluding hydrogens is 236 g/mol. The minimum Gasteiger partial charge on any atom is -0.373 e. The molecule has 0 bridgehead atoms. The number of anilines is 1. The van der Waals surface area contributed by atoms with E-state index in [0.717, 1.165) is 28.5 Å². The van der Waals surface area contributed by atoms with Gasteiger partial charge in [0.1, 0.15) is 11.6 Å². The van der Waals surface area contributed by atoms with Crippen LogP contribution in [0.1, 0.15) is 32.2 Å². The maximum Gasteiger partial charge on any atom is 0.136 e. The van der Waals surface area contributed by atoms with Gasteiger partial charge in [0.2, 0.25) is 0 Å². The van der Waals surface area contributed by atoms with Gasteiger partial charge < -0.3 is 5.32 Å². The Morgan fingerprint density at radius 3 is 2.47 bits per heavy atom. The minimum atomic E-state index is -0.0856. The SMILES string of the molecule is CNc1cc(-c2cnccc2C)nc(C(C)(C)C)n1. The van der Waals surface area contributed by atoms with Gasteiger partial charge >= 0.3 is 0 Å². The first-order chi connectivity index (χ1) is 8.91. The molecule has 0 amide bonds. The van der Waals surface area contributed by atoms with Crippen LogP contribution in [0.2, 0.25) is 0 Å². The lowest BCUT2D eigenvalue weighted by molar-refractivity contribution is 0.547. The van der Waals surface area contributed by atoms with Gasteiger partial charge in [-0.25, -0.2) is 9.97 Å². The van der Waals surface area contributed by atoms with Crippen LogP contribution in [0.5, 0.6) is 0 Å². The van der Waals surface area contributed by atoms with Crippen LogP contribution in [-0.4, -0.2) is 22.0 Å². The van der Waals surface area contributed by atoms with Crippen molar-refractivity contribution in [1.82, 2.24) is 15.0 Å². The third-order valence-corrected chi connectivity index (χ3v) is 2.97. The molecule has 0 fully saturated rings. The molecule has 1 N–H and O–H groups in total. The highest BCUT2D eigenvalue weighted by Gasteiger charge is 2.19. The summed E-state index contributed by atoms with van der Waals surface area (Å²) in [5, 5.41) is 3.10. The van der Waals surface area contributed by atoms with E-state index in [1.54, 1.807) is 6.20 Å². The summed E-state index contributed by atoms with van der Waals surface area (Å²) in [7, 11) is 1.87. The molecule has 0 aliphatic rings. The highest BCUT2D eigenvalue weighted by Crippen LogP contribution is 2.26. The van der Waals surface area contributed by atoms with Gasteiger partial charge in [-0.15, -0.1) is 0 Å². The average molecular weight is 256 g/mol. The van der Waals surface area contributed by atoms with Crippen LogP contribution in [0.4, 0.5) is 5.82 Å². The van der Waals surface area contributed by atoms with Gasteiger partial charge in [0.05, 0.1) is 5.69 Å². The molecular formula is C15H20N4. The standard InChI is InChI=1S/C15H20N4/c1-10-6-7-17-9-11(10)12-8-13(16-5)19-14(18-12)15(2,3)4/h6-9H,1-5H3,(H,16,18,19). The molecule has 19 heavy (non-hydrogen) atoms. The first kappa shape index (κ1) is 13.5. The molecule has 0 aliphatic heterocycles. The number of hydrogen-bond donors (Lipinski definition) is 1. The molecule has 0 saturated heterocycles. The van der Waals surface area contributed by atoms with E-state index in [-0.39, 0.29) is 5.41 Å². The Morgan fingerprint density at radius 2 is 1.89 bits per heavy atom. The first-order valence-corrected chi connectivity index (χ1v) is 6.40. The van der Waals surface area contributed by atoms with Crippen molar-refractivity contribution >= 4 is 5.82 Å².